The van der Waals surface area contributed by atoms with E-state index in [-0.39, 0.29) is 18.4 Å². The highest BCUT2D eigenvalue weighted by Crippen LogP contribution is 2.30. The van der Waals surface area contributed by atoms with E-state index in [1.54, 1.807) is 18.5 Å². The highest BCUT2D eigenvalue weighted by Gasteiger charge is 2.34. The van der Waals surface area contributed by atoms with Gasteiger partial charge in [-0.15, -0.1) is 0 Å². The summed E-state index contributed by atoms with van der Waals surface area (Å²) < 4.78 is 42.9. The molecule has 35 heavy (non-hydrogen) atoms. The number of hydrogen-bond acceptors (Lipinski definition) is 9. The van der Waals surface area contributed by atoms with Gasteiger partial charge >= 0.3 is 18.1 Å². The van der Waals surface area contributed by atoms with Gasteiger partial charge in [0.25, 0.3) is 0 Å². The summed E-state index contributed by atoms with van der Waals surface area (Å²) in [5.41, 5.74) is -0.453. The Morgan fingerprint density at radius 3 is 2.17 bits per heavy atom. The number of nitrogens with one attached hydrogen (secondary N) is 1. The minimum absolute atomic E-state index is 0.00108. The molecule has 0 bridgehead atoms. The zero-order valence-corrected chi connectivity index (χ0v) is 17.6. The van der Waals surface area contributed by atoms with Crippen molar-refractivity contribution in [1.29, 1.82) is 0 Å². The smallest absolute Gasteiger partial charge is 0.416 e. The molecule has 4 rings (SSSR count). The molecule has 1 aliphatic rings. The number of hydrogen-bond donors (Lipinski definition) is 3. The van der Waals surface area contributed by atoms with Crippen LogP contribution in [0.1, 0.15) is 17.4 Å². The number of nitrogens with zero attached hydrogens (tertiary/aromatic N) is 5. The lowest BCUT2D eigenvalue weighted by molar-refractivity contribution is -0.159. The van der Waals surface area contributed by atoms with Crippen LogP contribution in [-0.4, -0.2) is 72.7 Å². The first-order valence-corrected chi connectivity index (χ1v) is 9.79. The van der Waals surface area contributed by atoms with Crippen LogP contribution in [0, 0.1) is 0 Å². The Kier molecular flexibility index (Phi) is 7.70. The first-order chi connectivity index (χ1) is 16.5. The summed E-state index contributed by atoms with van der Waals surface area (Å²) in [4.78, 5) is 44.6. The summed E-state index contributed by atoms with van der Waals surface area (Å²) >= 11 is 0. The van der Waals surface area contributed by atoms with Crippen LogP contribution in [0.3, 0.4) is 0 Å². The zero-order valence-electron chi connectivity index (χ0n) is 17.6. The standard InChI is InChI=1S/C18H15F3N6O2.C2H2O4/c19-18(20,21)12-2-4-13(5-3-12)24-14(28)10-27-8-11(9-27)17-25-16(26-29-17)15-22-6-1-7-23-15;3-1(4)2(5)6/h1-7,11H,8-10H2,(H,24,28);(H,3,4)(H,5,6). The minimum atomic E-state index is -4.41. The Labute approximate surface area is 194 Å². The number of alkyl halides is 3. The number of aromatic nitrogens is 4. The van der Waals surface area contributed by atoms with Crippen molar-refractivity contribution in [2.45, 2.75) is 12.1 Å². The number of carboxylic acids is 2. The van der Waals surface area contributed by atoms with E-state index in [4.69, 9.17) is 24.3 Å². The van der Waals surface area contributed by atoms with Crippen LogP contribution in [0.15, 0.2) is 47.2 Å². The Morgan fingerprint density at radius 2 is 1.63 bits per heavy atom. The maximum atomic E-state index is 12.6. The molecule has 0 radical (unpaired) electrons. The van der Waals surface area contributed by atoms with Crippen LogP contribution in [0.2, 0.25) is 0 Å². The first kappa shape index (κ1) is 25.2. The van der Waals surface area contributed by atoms with Gasteiger partial charge in [-0.2, -0.15) is 18.2 Å². The van der Waals surface area contributed by atoms with Crippen LogP contribution in [0.5, 0.6) is 0 Å². The number of benzene rings is 1. The summed E-state index contributed by atoms with van der Waals surface area (Å²) in [6, 6.07) is 6.00. The molecule has 0 aliphatic carbocycles. The topological polar surface area (TPSA) is 172 Å². The van der Waals surface area contributed by atoms with Crippen molar-refractivity contribution >= 4 is 23.5 Å². The van der Waals surface area contributed by atoms with Gasteiger partial charge in [0.1, 0.15) is 0 Å². The third kappa shape index (κ3) is 7.04. The lowest BCUT2D eigenvalue weighted by Crippen LogP contribution is -2.48. The lowest BCUT2D eigenvalue weighted by atomic mass is 10.0. The van der Waals surface area contributed by atoms with E-state index in [2.05, 4.69) is 25.4 Å². The highest BCUT2D eigenvalue weighted by molar-refractivity contribution is 6.27. The fourth-order valence-electron chi connectivity index (χ4n) is 2.91. The maximum absolute atomic E-state index is 12.6. The van der Waals surface area contributed by atoms with Crippen molar-refractivity contribution in [3.8, 4) is 11.6 Å². The number of anilines is 1. The molecule has 1 amide bonds. The normalized spacial score (nSPS) is 13.8. The summed E-state index contributed by atoms with van der Waals surface area (Å²) in [5.74, 6) is -2.84. The summed E-state index contributed by atoms with van der Waals surface area (Å²) in [7, 11) is 0. The predicted octanol–water partition coefficient (Wildman–Crippen LogP) is 1.74. The number of amides is 1. The maximum Gasteiger partial charge on any atom is 0.416 e. The molecule has 3 heterocycles. The summed E-state index contributed by atoms with van der Waals surface area (Å²) in [6.45, 7) is 1.22. The van der Waals surface area contributed by atoms with Gasteiger partial charge in [0.15, 0.2) is 0 Å². The van der Waals surface area contributed by atoms with Gasteiger partial charge < -0.3 is 20.1 Å². The molecule has 184 valence electrons. The molecule has 1 aliphatic heterocycles. The molecule has 2 aromatic heterocycles. The molecule has 1 aromatic carbocycles. The lowest BCUT2D eigenvalue weighted by Gasteiger charge is -2.36. The quantitative estimate of drug-likeness (QED) is 0.441. The monoisotopic (exact) mass is 494 g/mol. The molecular formula is C20H17F3N6O6. The van der Waals surface area contributed by atoms with E-state index < -0.39 is 23.7 Å². The fourth-order valence-corrected chi connectivity index (χ4v) is 2.91. The van der Waals surface area contributed by atoms with E-state index in [1.807, 2.05) is 4.90 Å². The van der Waals surface area contributed by atoms with Crippen LogP contribution >= 0.6 is 0 Å². The van der Waals surface area contributed by atoms with Crippen molar-refractivity contribution in [2.75, 3.05) is 25.0 Å². The number of carbonyl (C=O) groups excluding carboxylic acids is 1. The first-order valence-electron chi connectivity index (χ1n) is 9.79. The summed E-state index contributed by atoms with van der Waals surface area (Å²) in [6.07, 6.45) is -1.24. The number of carbonyl (C=O) groups is 3. The molecule has 0 unspecified atom stereocenters. The number of halogens is 3. The molecule has 0 saturated carbocycles. The number of likely N-dealkylation sites (tertiary alicyclic amines) is 1. The van der Waals surface area contributed by atoms with E-state index in [0.717, 1.165) is 12.1 Å². The SMILES string of the molecule is O=C(CN1CC(c2nc(-c3ncccn3)no2)C1)Nc1ccc(C(F)(F)F)cc1.O=C(O)C(=O)O. The number of rotatable bonds is 5. The molecule has 12 nitrogen and oxygen atoms in total. The Hall–Kier alpha value is -4.40. The minimum Gasteiger partial charge on any atom is -0.473 e. The van der Waals surface area contributed by atoms with Crippen molar-refractivity contribution in [3.05, 3.63) is 54.2 Å². The average Bonchev–Trinajstić information content (AvgIpc) is 3.26. The van der Waals surface area contributed by atoms with Gasteiger partial charge in [-0.05, 0) is 30.3 Å². The van der Waals surface area contributed by atoms with Gasteiger partial charge in [-0.1, -0.05) is 5.16 Å². The molecule has 0 spiro atoms. The second-order valence-corrected chi connectivity index (χ2v) is 7.15. The van der Waals surface area contributed by atoms with Gasteiger partial charge in [0.05, 0.1) is 18.0 Å². The summed E-state index contributed by atoms with van der Waals surface area (Å²) in [5, 5.41) is 21.2. The third-order valence-electron chi connectivity index (χ3n) is 4.56. The third-order valence-corrected chi connectivity index (χ3v) is 4.56. The van der Waals surface area contributed by atoms with Crippen LogP contribution in [-0.2, 0) is 20.6 Å². The predicted molar refractivity (Wildman–Crippen MR) is 110 cm³/mol. The second kappa shape index (κ2) is 10.7. The van der Waals surface area contributed by atoms with E-state index in [0.29, 0.717) is 36.3 Å². The Balaban J connectivity index is 0.000000509. The van der Waals surface area contributed by atoms with Crippen molar-refractivity contribution in [1.82, 2.24) is 25.0 Å². The number of carboxylic acid groups (broad SMARTS) is 2. The van der Waals surface area contributed by atoms with Gasteiger partial charge in [0.2, 0.25) is 23.4 Å². The molecule has 0 atom stereocenters. The molecule has 3 aromatic rings. The molecule has 1 fully saturated rings. The fraction of sp³-hybridized carbons (Fsp3) is 0.250. The number of aliphatic carboxylic acids is 2. The van der Waals surface area contributed by atoms with Crippen LogP contribution in [0.25, 0.3) is 11.6 Å². The second-order valence-electron chi connectivity index (χ2n) is 7.15. The van der Waals surface area contributed by atoms with E-state index in [1.165, 1.54) is 12.1 Å². The van der Waals surface area contributed by atoms with E-state index in [9.17, 15) is 18.0 Å². The van der Waals surface area contributed by atoms with Gasteiger partial charge in [-0.25, -0.2) is 19.6 Å². The van der Waals surface area contributed by atoms with Gasteiger partial charge in [0, 0.05) is 31.2 Å². The van der Waals surface area contributed by atoms with Crippen molar-refractivity contribution < 1.29 is 42.3 Å². The van der Waals surface area contributed by atoms with Crippen LogP contribution in [0.4, 0.5) is 18.9 Å². The zero-order chi connectivity index (χ0) is 25.6. The largest absolute Gasteiger partial charge is 0.473 e. The van der Waals surface area contributed by atoms with Crippen molar-refractivity contribution in [2.24, 2.45) is 0 Å². The van der Waals surface area contributed by atoms with Crippen molar-refractivity contribution in [3.63, 3.8) is 0 Å². The molecule has 1 saturated heterocycles. The van der Waals surface area contributed by atoms with Gasteiger partial charge in [-0.3, -0.25) is 9.69 Å². The Bertz CT molecular complexity index is 1170. The molecule has 3 N–H and O–H groups in total. The molecular weight excluding hydrogens is 477 g/mol. The highest BCUT2D eigenvalue weighted by atomic mass is 19.4. The van der Waals surface area contributed by atoms with Crippen LogP contribution < -0.4 is 5.32 Å². The Morgan fingerprint density at radius 1 is 1.03 bits per heavy atom. The molecule has 15 heteroatoms. The van der Waals surface area contributed by atoms with E-state index >= 15 is 0 Å². The average molecular weight is 494 g/mol.